The van der Waals surface area contributed by atoms with Crippen LogP contribution in [-0.4, -0.2) is 11.1 Å². The number of rotatable bonds is 3. The van der Waals surface area contributed by atoms with Crippen molar-refractivity contribution in [3.63, 3.8) is 0 Å². The zero-order valence-corrected chi connectivity index (χ0v) is 8.49. The first kappa shape index (κ1) is 10.7. The van der Waals surface area contributed by atoms with E-state index in [1.807, 2.05) is 6.08 Å². The Balaban J connectivity index is 4.19. The van der Waals surface area contributed by atoms with Crippen LogP contribution in [0, 0.1) is 0 Å². The lowest BCUT2D eigenvalue weighted by atomic mass is 9.94. The molecule has 0 aliphatic rings. The Bertz CT molecular complexity index is 132. The van der Waals surface area contributed by atoms with Crippen molar-refractivity contribution in [2.75, 3.05) is 0 Å². The zero-order chi connectivity index (χ0) is 9.12. The van der Waals surface area contributed by atoms with Crippen LogP contribution in [0.1, 0.15) is 41.0 Å². The van der Waals surface area contributed by atoms with Gasteiger partial charge in [-0.25, -0.2) is 0 Å². The third-order valence-electron chi connectivity index (χ3n) is 1.85. The van der Waals surface area contributed by atoms with Gasteiger partial charge in [-0.15, -0.1) is 6.58 Å². The molecule has 0 aliphatic carbocycles. The fourth-order valence-electron chi connectivity index (χ4n) is 1.14. The number of hydrogen-bond acceptors (Lipinski definition) is 1. The van der Waals surface area contributed by atoms with Crippen molar-refractivity contribution in [2.45, 2.75) is 52.1 Å². The van der Waals surface area contributed by atoms with Crippen molar-refractivity contribution < 1.29 is 0 Å². The molecule has 0 heterocycles. The average Bonchev–Trinajstić information content (AvgIpc) is 1.84. The first-order valence-corrected chi connectivity index (χ1v) is 4.26. The molecule has 0 saturated carbocycles. The third kappa shape index (κ3) is 4.20. The summed E-state index contributed by atoms with van der Waals surface area (Å²) in [4.78, 5) is 0. The SMILES string of the molecule is C=CC(C)(CC)NC(C)(C)C. The summed E-state index contributed by atoms with van der Waals surface area (Å²) < 4.78 is 0. The summed E-state index contributed by atoms with van der Waals surface area (Å²) in [5, 5.41) is 3.51. The van der Waals surface area contributed by atoms with Gasteiger partial charge in [-0.05, 0) is 34.1 Å². The molecule has 0 spiro atoms. The smallest absolute Gasteiger partial charge is 0.0334 e. The van der Waals surface area contributed by atoms with Crippen LogP contribution < -0.4 is 5.32 Å². The molecule has 0 aromatic heterocycles. The van der Waals surface area contributed by atoms with Gasteiger partial charge in [0.05, 0.1) is 0 Å². The van der Waals surface area contributed by atoms with Crippen molar-refractivity contribution in [1.82, 2.24) is 5.32 Å². The van der Waals surface area contributed by atoms with Crippen molar-refractivity contribution in [3.8, 4) is 0 Å². The van der Waals surface area contributed by atoms with Crippen molar-refractivity contribution >= 4 is 0 Å². The Hall–Kier alpha value is -0.300. The summed E-state index contributed by atoms with van der Waals surface area (Å²) in [5.41, 5.74) is 0.247. The molecule has 66 valence electrons. The predicted molar refractivity (Wildman–Crippen MR) is 51.8 cm³/mol. The van der Waals surface area contributed by atoms with Crippen LogP contribution in [0.15, 0.2) is 12.7 Å². The lowest BCUT2D eigenvalue weighted by molar-refractivity contribution is 0.304. The fourth-order valence-corrected chi connectivity index (χ4v) is 1.14. The average molecular weight is 155 g/mol. The largest absolute Gasteiger partial charge is 0.303 e. The van der Waals surface area contributed by atoms with Crippen LogP contribution in [0.5, 0.6) is 0 Å². The van der Waals surface area contributed by atoms with Gasteiger partial charge in [-0.2, -0.15) is 0 Å². The van der Waals surface area contributed by atoms with Gasteiger partial charge < -0.3 is 5.32 Å². The van der Waals surface area contributed by atoms with E-state index in [2.05, 4.69) is 46.5 Å². The molecule has 0 rings (SSSR count). The lowest BCUT2D eigenvalue weighted by Gasteiger charge is -2.34. The maximum Gasteiger partial charge on any atom is 0.0334 e. The molecule has 0 amide bonds. The topological polar surface area (TPSA) is 12.0 Å². The molecule has 0 aromatic rings. The van der Waals surface area contributed by atoms with Crippen molar-refractivity contribution in [2.24, 2.45) is 0 Å². The highest BCUT2D eigenvalue weighted by atomic mass is 15.0. The highest BCUT2D eigenvalue weighted by Crippen LogP contribution is 2.15. The minimum atomic E-state index is 0.0816. The summed E-state index contributed by atoms with van der Waals surface area (Å²) in [6.45, 7) is 14.7. The molecule has 0 fully saturated rings. The molecular weight excluding hydrogens is 134 g/mol. The van der Waals surface area contributed by atoms with Gasteiger partial charge in [-0.3, -0.25) is 0 Å². The lowest BCUT2D eigenvalue weighted by Crippen LogP contribution is -2.50. The van der Waals surface area contributed by atoms with Crippen LogP contribution in [0.4, 0.5) is 0 Å². The Morgan fingerprint density at radius 3 is 1.82 bits per heavy atom. The van der Waals surface area contributed by atoms with E-state index in [1.54, 1.807) is 0 Å². The van der Waals surface area contributed by atoms with Gasteiger partial charge in [0.2, 0.25) is 0 Å². The second-order valence-corrected chi connectivity index (χ2v) is 4.35. The molecule has 1 nitrogen and oxygen atoms in total. The van der Waals surface area contributed by atoms with Crippen molar-refractivity contribution in [3.05, 3.63) is 12.7 Å². The van der Waals surface area contributed by atoms with Gasteiger partial charge in [-0.1, -0.05) is 13.0 Å². The Kier molecular flexibility index (Phi) is 3.30. The maximum absolute atomic E-state index is 3.83. The quantitative estimate of drug-likeness (QED) is 0.618. The van der Waals surface area contributed by atoms with Gasteiger partial charge in [0.25, 0.3) is 0 Å². The third-order valence-corrected chi connectivity index (χ3v) is 1.85. The van der Waals surface area contributed by atoms with E-state index in [9.17, 15) is 0 Å². The summed E-state index contributed by atoms with van der Waals surface area (Å²) in [6, 6.07) is 0. The van der Waals surface area contributed by atoms with Crippen LogP contribution in [0.25, 0.3) is 0 Å². The Morgan fingerprint density at radius 1 is 1.27 bits per heavy atom. The van der Waals surface area contributed by atoms with Crippen LogP contribution in [0.3, 0.4) is 0 Å². The summed E-state index contributed by atoms with van der Waals surface area (Å²) in [7, 11) is 0. The first-order chi connectivity index (χ1) is 4.83. The standard InChI is InChI=1S/C10H21N/c1-7-10(6,8-2)11-9(3,4)5/h7,11H,1,8H2,2-6H3. The Morgan fingerprint density at radius 2 is 1.73 bits per heavy atom. The van der Waals surface area contributed by atoms with Crippen LogP contribution in [0.2, 0.25) is 0 Å². The van der Waals surface area contributed by atoms with E-state index >= 15 is 0 Å². The normalized spacial score (nSPS) is 17.5. The van der Waals surface area contributed by atoms with E-state index in [0.717, 1.165) is 6.42 Å². The number of nitrogens with one attached hydrogen (secondary N) is 1. The van der Waals surface area contributed by atoms with E-state index < -0.39 is 0 Å². The van der Waals surface area contributed by atoms with E-state index in [4.69, 9.17) is 0 Å². The summed E-state index contributed by atoms with van der Waals surface area (Å²) >= 11 is 0. The molecule has 1 N–H and O–H groups in total. The van der Waals surface area contributed by atoms with Gasteiger partial charge >= 0.3 is 0 Å². The highest BCUT2D eigenvalue weighted by molar-refractivity contribution is 5.01. The second-order valence-electron chi connectivity index (χ2n) is 4.35. The van der Waals surface area contributed by atoms with Gasteiger partial charge in [0.1, 0.15) is 0 Å². The number of hydrogen-bond donors (Lipinski definition) is 1. The van der Waals surface area contributed by atoms with Crippen molar-refractivity contribution in [1.29, 1.82) is 0 Å². The Labute approximate surface area is 70.9 Å². The molecule has 0 radical (unpaired) electrons. The second kappa shape index (κ2) is 3.40. The molecule has 0 aromatic carbocycles. The van der Waals surface area contributed by atoms with Gasteiger partial charge in [0.15, 0.2) is 0 Å². The monoisotopic (exact) mass is 155 g/mol. The molecule has 0 saturated heterocycles. The summed E-state index contributed by atoms with van der Waals surface area (Å²) in [5.74, 6) is 0. The molecule has 0 aliphatic heterocycles. The van der Waals surface area contributed by atoms with Gasteiger partial charge in [0, 0.05) is 11.1 Å². The van der Waals surface area contributed by atoms with E-state index in [1.165, 1.54) is 0 Å². The highest BCUT2D eigenvalue weighted by Gasteiger charge is 2.23. The minimum absolute atomic E-state index is 0.0816. The fraction of sp³-hybridized carbons (Fsp3) is 0.800. The summed E-state index contributed by atoms with van der Waals surface area (Å²) in [6.07, 6.45) is 3.06. The van der Waals surface area contributed by atoms with E-state index in [-0.39, 0.29) is 11.1 Å². The minimum Gasteiger partial charge on any atom is -0.303 e. The molecule has 11 heavy (non-hydrogen) atoms. The first-order valence-electron chi connectivity index (χ1n) is 4.26. The predicted octanol–water partition coefficient (Wildman–Crippen LogP) is 2.73. The molecule has 1 heteroatoms. The molecule has 0 bridgehead atoms. The molecule has 1 unspecified atom stereocenters. The van der Waals surface area contributed by atoms with E-state index in [0.29, 0.717) is 0 Å². The van der Waals surface area contributed by atoms with Crippen LogP contribution in [-0.2, 0) is 0 Å². The maximum atomic E-state index is 3.83. The zero-order valence-electron chi connectivity index (χ0n) is 8.49. The van der Waals surface area contributed by atoms with Crippen LogP contribution >= 0.6 is 0 Å². The molecule has 1 atom stereocenters. The molecular formula is C10H21N.